The molecule has 0 atom stereocenters. The molecule has 0 radical (unpaired) electrons. The van der Waals surface area contributed by atoms with Crippen LogP contribution in [0.15, 0.2) is 23.1 Å². The van der Waals surface area contributed by atoms with Crippen molar-refractivity contribution >= 4 is 33.2 Å². The molecule has 0 amide bonds. The molecule has 0 unspecified atom stereocenters. The van der Waals surface area contributed by atoms with Crippen molar-refractivity contribution in [3.8, 4) is 0 Å². The molecule has 4 fully saturated rings. The Morgan fingerprint density at radius 1 is 1.04 bits per heavy atom. The molecule has 23 heavy (non-hydrogen) atoms. The predicted molar refractivity (Wildman–Crippen MR) is 92.3 cm³/mol. The zero-order chi connectivity index (χ0) is 16.4. The number of hydrogen-bond donors (Lipinski definition) is 0. The summed E-state index contributed by atoms with van der Waals surface area (Å²) in [5.74, 6) is 2.07. The van der Waals surface area contributed by atoms with Crippen LogP contribution < -0.4 is 0 Å². The molecule has 1 aromatic rings. The topological polar surface area (TPSA) is 37.4 Å². The minimum absolute atomic E-state index is 0.130. The van der Waals surface area contributed by atoms with Gasteiger partial charge in [-0.15, -0.1) is 0 Å². The lowest BCUT2D eigenvalue weighted by atomic mass is 9.53. The monoisotopic (exact) mass is 373 g/mol. The van der Waals surface area contributed by atoms with Crippen LogP contribution in [-0.2, 0) is 10.0 Å². The second kappa shape index (κ2) is 5.35. The minimum atomic E-state index is -3.64. The molecule has 3 nitrogen and oxygen atoms in total. The van der Waals surface area contributed by atoms with E-state index >= 15 is 0 Å². The van der Waals surface area contributed by atoms with Gasteiger partial charge >= 0.3 is 0 Å². The summed E-state index contributed by atoms with van der Waals surface area (Å²) < 4.78 is 28.0. The molecule has 4 saturated carbocycles. The molecule has 1 aromatic carbocycles. The molecular formula is C17H21Cl2NO2S. The third-order valence-corrected chi connectivity index (χ3v) is 8.88. The number of rotatable bonds is 3. The van der Waals surface area contributed by atoms with Crippen LogP contribution in [0.5, 0.6) is 0 Å². The van der Waals surface area contributed by atoms with Crippen molar-refractivity contribution in [3.05, 3.63) is 28.2 Å². The first-order chi connectivity index (χ1) is 10.8. The van der Waals surface area contributed by atoms with Crippen molar-refractivity contribution in [2.75, 3.05) is 7.05 Å². The van der Waals surface area contributed by atoms with Crippen molar-refractivity contribution in [2.24, 2.45) is 17.8 Å². The standard InChI is InChI=1S/C17H21Cl2NO2S/c1-20(23(21,22)16-7-14(18)2-3-15(16)19)17-8-11-4-12(9-17)6-13(5-11)10-17/h2-3,7,11-13H,4-6,8-10H2,1H3. The van der Waals surface area contributed by atoms with Crippen LogP contribution in [0.4, 0.5) is 0 Å². The molecule has 6 heteroatoms. The third kappa shape index (κ3) is 2.53. The van der Waals surface area contributed by atoms with Gasteiger partial charge in [-0.2, -0.15) is 4.31 Å². The largest absolute Gasteiger partial charge is 0.244 e. The highest BCUT2D eigenvalue weighted by Gasteiger charge is 2.55. The molecule has 4 aliphatic carbocycles. The summed E-state index contributed by atoms with van der Waals surface area (Å²) in [7, 11) is -1.90. The van der Waals surface area contributed by atoms with Gasteiger partial charge in [0.05, 0.1) is 5.02 Å². The quantitative estimate of drug-likeness (QED) is 0.777. The molecule has 5 rings (SSSR count). The van der Waals surface area contributed by atoms with Crippen LogP contribution in [-0.4, -0.2) is 25.3 Å². The van der Waals surface area contributed by atoms with E-state index in [1.807, 2.05) is 0 Å². The highest BCUT2D eigenvalue weighted by Crippen LogP contribution is 2.58. The highest BCUT2D eigenvalue weighted by molar-refractivity contribution is 7.89. The SMILES string of the molecule is CN(C12CC3CC(CC(C3)C1)C2)S(=O)(=O)c1cc(Cl)ccc1Cl. The average Bonchev–Trinajstić information content (AvgIpc) is 2.47. The van der Waals surface area contributed by atoms with Gasteiger partial charge in [-0.25, -0.2) is 8.42 Å². The molecule has 0 spiro atoms. The van der Waals surface area contributed by atoms with E-state index in [9.17, 15) is 8.42 Å². The molecule has 0 aromatic heterocycles. The minimum Gasteiger partial charge on any atom is -0.207 e. The number of benzene rings is 1. The lowest BCUT2D eigenvalue weighted by molar-refractivity contribution is -0.0495. The van der Waals surface area contributed by atoms with Gasteiger partial charge in [-0.05, 0) is 74.5 Å². The molecule has 4 bridgehead atoms. The van der Waals surface area contributed by atoms with Crippen LogP contribution >= 0.6 is 23.2 Å². The molecule has 0 aliphatic heterocycles. The maximum atomic E-state index is 13.2. The number of sulfonamides is 1. The summed E-state index contributed by atoms with van der Waals surface area (Å²) in [5.41, 5.74) is -0.223. The molecule has 4 aliphatic rings. The predicted octanol–water partition coefficient (Wildman–Crippen LogP) is 4.58. The Hall–Kier alpha value is -0.290. The summed E-state index contributed by atoms with van der Waals surface area (Å²) >= 11 is 12.2. The fourth-order valence-electron chi connectivity index (χ4n) is 5.53. The van der Waals surface area contributed by atoms with Crippen LogP contribution in [0, 0.1) is 17.8 Å². The number of halogens is 2. The summed E-state index contributed by atoms with van der Waals surface area (Å²) in [6.45, 7) is 0. The van der Waals surface area contributed by atoms with Gasteiger partial charge in [0.1, 0.15) is 4.90 Å². The van der Waals surface area contributed by atoms with E-state index < -0.39 is 10.0 Å². The molecule has 0 heterocycles. The Bertz CT molecular complexity index is 712. The van der Waals surface area contributed by atoms with E-state index in [1.165, 1.54) is 25.3 Å². The first-order valence-electron chi connectivity index (χ1n) is 8.24. The summed E-state index contributed by atoms with van der Waals surface area (Å²) in [5, 5.41) is 0.637. The van der Waals surface area contributed by atoms with Crippen LogP contribution in [0.3, 0.4) is 0 Å². The zero-order valence-corrected chi connectivity index (χ0v) is 15.5. The first kappa shape index (κ1) is 16.2. The van der Waals surface area contributed by atoms with Crippen LogP contribution in [0.2, 0.25) is 10.0 Å². The lowest BCUT2D eigenvalue weighted by Gasteiger charge is -2.59. The Labute approximate surface area is 148 Å². The van der Waals surface area contributed by atoms with Gasteiger partial charge in [-0.1, -0.05) is 23.2 Å². The maximum Gasteiger partial charge on any atom is 0.244 e. The van der Waals surface area contributed by atoms with Crippen molar-refractivity contribution < 1.29 is 8.42 Å². The Balaban J connectivity index is 1.73. The zero-order valence-electron chi connectivity index (χ0n) is 13.1. The normalized spacial score (nSPS) is 35.9. The summed E-state index contributed by atoms with van der Waals surface area (Å²) in [6.07, 6.45) is 6.83. The second-order valence-electron chi connectivity index (χ2n) is 7.69. The van der Waals surface area contributed by atoms with E-state index in [0.29, 0.717) is 22.8 Å². The summed E-state index contributed by atoms with van der Waals surface area (Å²) in [6, 6.07) is 4.65. The van der Waals surface area contributed by atoms with Crippen LogP contribution in [0.1, 0.15) is 38.5 Å². The van der Waals surface area contributed by atoms with E-state index in [-0.39, 0.29) is 15.5 Å². The number of hydrogen-bond acceptors (Lipinski definition) is 2. The van der Waals surface area contributed by atoms with Crippen LogP contribution in [0.25, 0.3) is 0 Å². The Morgan fingerprint density at radius 3 is 2.09 bits per heavy atom. The summed E-state index contributed by atoms with van der Waals surface area (Å²) in [4.78, 5) is 0.130. The van der Waals surface area contributed by atoms with E-state index in [4.69, 9.17) is 23.2 Å². The Morgan fingerprint density at radius 2 is 1.57 bits per heavy atom. The molecule has 0 saturated heterocycles. The van der Waals surface area contributed by atoms with E-state index in [1.54, 1.807) is 23.5 Å². The Kier molecular flexibility index (Phi) is 3.77. The lowest BCUT2D eigenvalue weighted by Crippen LogP contribution is -2.60. The second-order valence-corrected chi connectivity index (χ2v) is 10.5. The fraction of sp³-hybridized carbons (Fsp3) is 0.647. The number of nitrogens with zero attached hydrogens (tertiary/aromatic N) is 1. The van der Waals surface area contributed by atoms with Gasteiger partial charge in [0, 0.05) is 17.6 Å². The van der Waals surface area contributed by atoms with Gasteiger partial charge in [0.25, 0.3) is 0 Å². The first-order valence-corrected chi connectivity index (χ1v) is 10.4. The fourth-order valence-corrected chi connectivity index (χ4v) is 7.79. The van der Waals surface area contributed by atoms with E-state index in [2.05, 4.69) is 0 Å². The molecule has 0 N–H and O–H groups in total. The maximum absolute atomic E-state index is 13.2. The molecule has 126 valence electrons. The average molecular weight is 374 g/mol. The van der Waals surface area contributed by atoms with Crippen molar-refractivity contribution in [1.82, 2.24) is 4.31 Å². The van der Waals surface area contributed by atoms with Gasteiger partial charge in [-0.3, -0.25) is 0 Å². The molecular weight excluding hydrogens is 353 g/mol. The van der Waals surface area contributed by atoms with Crippen molar-refractivity contribution in [1.29, 1.82) is 0 Å². The van der Waals surface area contributed by atoms with Crippen molar-refractivity contribution in [3.63, 3.8) is 0 Å². The van der Waals surface area contributed by atoms with Crippen molar-refractivity contribution in [2.45, 2.75) is 49.0 Å². The highest BCUT2D eigenvalue weighted by atomic mass is 35.5. The smallest absolute Gasteiger partial charge is 0.207 e. The van der Waals surface area contributed by atoms with E-state index in [0.717, 1.165) is 19.3 Å². The van der Waals surface area contributed by atoms with Gasteiger partial charge < -0.3 is 0 Å². The van der Waals surface area contributed by atoms with Gasteiger partial charge in [0.15, 0.2) is 0 Å². The third-order valence-electron chi connectivity index (χ3n) is 6.21. The van der Waals surface area contributed by atoms with Gasteiger partial charge in [0.2, 0.25) is 10.0 Å².